The molecule has 2 N–H and O–H groups in total. The van der Waals surface area contributed by atoms with E-state index in [0.29, 0.717) is 6.54 Å². The van der Waals surface area contributed by atoms with Crippen molar-refractivity contribution in [1.82, 2.24) is 10.2 Å². The first-order chi connectivity index (χ1) is 8.75. The summed E-state index contributed by atoms with van der Waals surface area (Å²) in [6.45, 7) is 7.85. The van der Waals surface area contributed by atoms with Crippen molar-refractivity contribution < 1.29 is 14.7 Å². The molecule has 1 heterocycles. The van der Waals surface area contributed by atoms with Gasteiger partial charge in [-0.25, -0.2) is 4.79 Å². The number of piperidine rings is 1. The van der Waals surface area contributed by atoms with Gasteiger partial charge >= 0.3 is 5.97 Å². The molecule has 1 fully saturated rings. The Balaban J connectivity index is 2.55. The van der Waals surface area contributed by atoms with Crippen LogP contribution in [0.4, 0.5) is 0 Å². The Hall–Kier alpha value is -1.36. The molecule has 1 aliphatic heterocycles. The van der Waals surface area contributed by atoms with Crippen LogP contribution in [-0.4, -0.2) is 48.6 Å². The van der Waals surface area contributed by atoms with Gasteiger partial charge in [-0.05, 0) is 52.2 Å². The van der Waals surface area contributed by atoms with Gasteiger partial charge in [0.1, 0.15) is 0 Å². The van der Waals surface area contributed by atoms with E-state index in [4.69, 9.17) is 5.11 Å². The minimum absolute atomic E-state index is 0.103. The quantitative estimate of drug-likeness (QED) is 0.753. The topological polar surface area (TPSA) is 69.6 Å². The van der Waals surface area contributed by atoms with E-state index in [1.807, 2.05) is 0 Å². The molecule has 108 valence electrons. The van der Waals surface area contributed by atoms with E-state index in [0.717, 1.165) is 25.9 Å². The summed E-state index contributed by atoms with van der Waals surface area (Å²) in [6.07, 6.45) is 2.09. The molecule has 0 aliphatic carbocycles. The van der Waals surface area contributed by atoms with Gasteiger partial charge in [0, 0.05) is 17.7 Å². The predicted octanol–water partition coefficient (Wildman–Crippen LogP) is 1.26. The van der Waals surface area contributed by atoms with Gasteiger partial charge < -0.3 is 15.3 Å². The van der Waals surface area contributed by atoms with Gasteiger partial charge in [0.2, 0.25) is 5.91 Å². The van der Waals surface area contributed by atoms with Crippen LogP contribution in [0, 0.1) is 5.41 Å². The number of amides is 1. The Bertz CT molecular complexity index is 393. The lowest BCUT2D eigenvalue weighted by molar-refractivity contribution is -0.133. The number of carbonyl (C=O) groups is 2. The highest BCUT2D eigenvalue weighted by atomic mass is 16.4. The number of carboxylic acids is 1. The van der Waals surface area contributed by atoms with Gasteiger partial charge in [0.05, 0.1) is 0 Å². The number of likely N-dealkylation sites (tertiary alicyclic amines) is 1. The maximum Gasteiger partial charge on any atom is 0.331 e. The third kappa shape index (κ3) is 4.35. The van der Waals surface area contributed by atoms with E-state index in [1.54, 1.807) is 6.92 Å². The number of nitrogens with zero attached hydrogens (tertiary/aromatic N) is 1. The number of hydrogen-bond donors (Lipinski definition) is 2. The van der Waals surface area contributed by atoms with Crippen molar-refractivity contribution in [3.05, 3.63) is 11.1 Å². The summed E-state index contributed by atoms with van der Waals surface area (Å²) in [7, 11) is 2.10. The molecule has 5 nitrogen and oxygen atoms in total. The highest BCUT2D eigenvalue weighted by Gasteiger charge is 2.29. The van der Waals surface area contributed by atoms with Crippen LogP contribution in [0.5, 0.6) is 0 Å². The smallest absolute Gasteiger partial charge is 0.331 e. The third-order valence-electron chi connectivity index (χ3n) is 4.09. The molecule has 0 bridgehead atoms. The first kappa shape index (κ1) is 15.7. The van der Waals surface area contributed by atoms with Crippen LogP contribution in [0.2, 0.25) is 0 Å². The lowest BCUT2D eigenvalue weighted by Gasteiger charge is -2.38. The zero-order valence-corrected chi connectivity index (χ0v) is 12.2. The van der Waals surface area contributed by atoms with Crippen molar-refractivity contribution in [1.29, 1.82) is 0 Å². The number of nitrogens with one attached hydrogen (secondary N) is 1. The normalized spacial score (nSPS) is 20.6. The van der Waals surface area contributed by atoms with Gasteiger partial charge in [-0.1, -0.05) is 6.92 Å². The first-order valence-corrected chi connectivity index (χ1v) is 6.63. The molecule has 5 heteroatoms. The van der Waals surface area contributed by atoms with Crippen molar-refractivity contribution >= 4 is 11.9 Å². The van der Waals surface area contributed by atoms with Crippen LogP contribution in [0.15, 0.2) is 11.1 Å². The minimum atomic E-state index is -1.04. The van der Waals surface area contributed by atoms with Crippen LogP contribution in [-0.2, 0) is 9.59 Å². The molecule has 1 rings (SSSR count). The van der Waals surface area contributed by atoms with Crippen molar-refractivity contribution in [3.63, 3.8) is 0 Å². The van der Waals surface area contributed by atoms with E-state index in [1.165, 1.54) is 6.92 Å². The zero-order chi connectivity index (χ0) is 14.6. The van der Waals surface area contributed by atoms with E-state index in [-0.39, 0.29) is 22.5 Å². The van der Waals surface area contributed by atoms with Crippen LogP contribution >= 0.6 is 0 Å². The molecule has 0 aromatic carbocycles. The van der Waals surface area contributed by atoms with E-state index < -0.39 is 5.97 Å². The molecule has 0 saturated carbocycles. The maximum atomic E-state index is 11.9. The molecule has 0 atom stereocenters. The molecule has 0 unspecified atom stereocenters. The highest BCUT2D eigenvalue weighted by molar-refractivity contribution is 6.01. The Kier molecular flexibility index (Phi) is 5.11. The molecule has 1 aliphatic rings. The van der Waals surface area contributed by atoms with Crippen molar-refractivity contribution in [2.75, 3.05) is 26.7 Å². The second-order valence-corrected chi connectivity index (χ2v) is 5.85. The van der Waals surface area contributed by atoms with E-state index in [9.17, 15) is 9.59 Å². The van der Waals surface area contributed by atoms with Crippen LogP contribution in [0.25, 0.3) is 0 Å². The molecular formula is C14H24N2O3. The SMILES string of the molecule is CC(C(=O)O)=C(C)C(=O)NCC1(C)CCN(C)CC1. The van der Waals surface area contributed by atoms with Crippen molar-refractivity contribution in [2.45, 2.75) is 33.6 Å². The Labute approximate surface area is 114 Å². The largest absolute Gasteiger partial charge is 0.478 e. The Morgan fingerprint density at radius 3 is 2.21 bits per heavy atom. The standard InChI is InChI=1S/C14H24N2O3/c1-10(11(2)13(18)19)12(17)15-9-14(3)5-7-16(4)8-6-14/h5-9H2,1-4H3,(H,15,17)(H,18,19). The van der Waals surface area contributed by atoms with Crippen LogP contribution in [0.1, 0.15) is 33.6 Å². The van der Waals surface area contributed by atoms with Gasteiger partial charge in [0.25, 0.3) is 0 Å². The number of hydrogen-bond acceptors (Lipinski definition) is 3. The maximum absolute atomic E-state index is 11.9. The lowest BCUT2D eigenvalue weighted by atomic mass is 9.80. The van der Waals surface area contributed by atoms with Crippen molar-refractivity contribution in [2.24, 2.45) is 5.41 Å². The summed E-state index contributed by atoms with van der Waals surface area (Å²) in [5.41, 5.74) is 0.495. The summed E-state index contributed by atoms with van der Waals surface area (Å²) < 4.78 is 0. The summed E-state index contributed by atoms with van der Waals surface area (Å²) in [4.78, 5) is 25.0. The second kappa shape index (κ2) is 6.19. The van der Waals surface area contributed by atoms with Gasteiger partial charge in [-0.3, -0.25) is 4.79 Å². The molecule has 1 saturated heterocycles. The number of aliphatic carboxylic acids is 1. The molecule has 0 aromatic rings. The molecule has 1 amide bonds. The molecule has 19 heavy (non-hydrogen) atoms. The summed E-state index contributed by atoms with van der Waals surface area (Å²) in [5, 5.41) is 11.7. The molecule has 0 aromatic heterocycles. The first-order valence-electron chi connectivity index (χ1n) is 6.63. The van der Waals surface area contributed by atoms with Crippen LogP contribution in [0.3, 0.4) is 0 Å². The Morgan fingerprint density at radius 1 is 1.21 bits per heavy atom. The average Bonchev–Trinajstić information content (AvgIpc) is 2.38. The Morgan fingerprint density at radius 2 is 1.74 bits per heavy atom. The number of carbonyl (C=O) groups excluding carboxylic acids is 1. The van der Waals surface area contributed by atoms with Gasteiger partial charge in [-0.15, -0.1) is 0 Å². The summed E-state index contributed by atoms with van der Waals surface area (Å²) in [6, 6.07) is 0. The summed E-state index contributed by atoms with van der Waals surface area (Å²) >= 11 is 0. The number of carboxylic acid groups (broad SMARTS) is 1. The predicted molar refractivity (Wildman–Crippen MR) is 73.9 cm³/mol. The van der Waals surface area contributed by atoms with Crippen LogP contribution < -0.4 is 5.32 Å². The minimum Gasteiger partial charge on any atom is -0.478 e. The molecular weight excluding hydrogens is 244 g/mol. The summed E-state index contributed by atoms with van der Waals surface area (Å²) in [5.74, 6) is -1.32. The van der Waals surface area contributed by atoms with Gasteiger partial charge in [-0.2, -0.15) is 0 Å². The zero-order valence-electron chi connectivity index (χ0n) is 12.2. The average molecular weight is 268 g/mol. The third-order valence-corrected chi connectivity index (χ3v) is 4.09. The number of rotatable bonds is 4. The molecule has 0 spiro atoms. The lowest BCUT2D eigenvalue weighted by Crippen LogP contribution is -2.43. The fourth-order valence-corrected chi connectivity index (χ4v) is 2.09. The van der Waals surface area contributed by atoms with Gasteiger partial charge in [0.15, 0.2) is 0 Å². The van der Waals surface area contributed by atoms with E-state index >= 15 is 0 Å². The monoisotopic (exact) mass is 268 g/mol. The fourth-order valence-electron chi connectivity index (χ4n) is 2.09. The molecule has 0 radical (unpaired) electrons. The second-order valence-electron chi connectivity index (χ2n) is 5.85. The van der Waals surface area contributed by atoms with E-state index in [2.05, 4.69) is 24.2 Å². The fraction of sp³-hybridized carbons (Fsp3) is 0.714. The van der Waals surface area contributed by atoms with Crippen molar-refractivity contribution in [3.8, 4) is 0 Å². The highest BCUT2D eigenvalue weighted by Crippen LogP contribution is 2.29.